The third kappa shape index (κ3) is 2.01. The normalized spacial score (nSPS) is 20.5. The molecule has 0 N–H and O–H groups in total. The molecule has 0 bridgehead atoms. The third-order valence-corrected chi connectivity index (χ3v) is 4.15. The van der Waals surface area contributed by atoms with Crippen molar-refractivity contribution in [1.82, 2.24) is 4.98 Å². The van der Waals surface area contributed by atoms with E-state index in [1.165, 1.54) is 11.3 Å². The Morgan fingerprint density at radius 3 is 3.00 bits per heavy atom. The van der Waals surface area contributed by atoms with Crippen LogP contribution in [0.2, 0.25) is 4.47 Å². The summed E-state index contributed by atoms with van der Waals surface area (Å²) >= 11 is 13.2. The molecule has 2 heterocycles. The Labute approximate surface area is 112 Å². The maximum atomic E-state index is 11.7. The van der Waals surface area contributed by atoms with Crippen molar-refractivity contribution in [3.63, 3.8) is 0 Å². The zero-order chi connectivity index (χ0) is 12.0. The van der Waals surface area contributed by atoms with E-state index in [-0.39, 0.29) is 11.3 Å². The van der Waals surface area contributed by atoms with Gasteiger partial charge in [-0.2, -0.15) is 0 Å². The number of amides is 1. The zero-order valence-corrected chi connectivity index (χ0v) is 11.0. The Balaban J connectivity index is 2.03. The molecule has 3 nitrogen and oxygen atoms in total. The predicted octanol–water partition coefficient (Wildman–Crippen LogP) is 3.29. The maximum absolute atomic E-state index is 11.7. The fourth-order valence-corrected chi connectivity index (χ4v) is 3.30. The van der Waals surface area contributed by atoms with E-state index in [0.717, 1.165) is 15.9 Å². The van der Waals surface area contributed by atoms with Gasteiger partial charge in [-0.3, -0.25) is 4.79 Å². The molecule has 1 aromatic carbocycles. The summed E-state index contributed by atoms with van der Waals surface area (Å²) in [5.74, 6) is 0.0694. The van der Waals surface area contributed by atoms with Crippen LogP contribution in [0.3, 0.4) is 0 Å². The average Bonchev–Trinajstić information content (AvgIpc) is 2.78. The van der Waals surface area contributed by atoms with E-state index in [1.54, 1.807) is 4.90 Å². The number of alkyl halides is 1. The van der Waals surface area contributed by atoms with Crippen molar-refractivity contribution >= 4 is 56.3 Å². The minimum atomic E-state index is -0.0942. The number of carbonyl (C=O) groups excluding carboxylic acids is 1. The molecule has 1 aromatic heterocycles. The molecule has 0 spiro atoms. The first kappa shape index (κ1) is 11.3. The van der Waals surface area contributed by atoms with Crippen LogP contribution in [0.25, 0.3) is 10.2 Å². The molecule has 3 rings (SSSR count). The van der Waals surface area contributed by atoms with E-state index < -0.39 is 0 Å². The van der Waals surface area contributed by atoms with Gasteiger partial charge in [0.2, 0.25) is 5.91 Å². The quantitative estimate of drug-likeness (QED) is 0.754. The number of thiazole rings is 1. The first-order chi connectivity index (χ1) is 8.13. The number of benzene rings is 1. The SMILES string of the molecule is O=C1CC(Cl)CN1c1ccc2nc(Cl)sc2c1. The van der Waals surface area contributed by atoms with Gasteiger partial charge >= 0.3 is 0 Å². The molecule has 88 valence electrons. The zero-order valence-electron chi connectivity index (χ0n) is 8.69. The van der Waals surface area contributed by atoms with Crippen molar-refractivity contribution in [1.29, 1.82) is 0 Å². The Morgan fingerprint density at radius 1 is 1.47 bits per heavy atom. The molecule has 1 amide bonds. The number of aromatic nitrogens is 1. The molecule has 1 saturated heterocycles. The van der Waals surface area contributed by atoms with Gasteiger partial charge in [0.05, 0.1) is 15.6 Å². The van der Waals surface area contributed by atoms with Crippen molar-refractivity contribution in [2.45, 2.75) is 11.8 Å². The molecule has 2 aromatic rings. The van der Waals surface area contributed by atoms with Gasteiger partial charge in [-0.05, 0) is 18.2 Å². The van der Waals surface area contributed by atoms with Gasteiger partial charge in [-0.1, -0.05) is 11.6 Å². The van der Waals surface area contributed by atoms with Crippen molar-refractivity contribution in [3.8, 4) is 0 Å². The molecule has 1 atom stereocenters. The number of hydrogen-bond donors (Lipinski definition) is 0. The van der Waals surface area contributed by atoms with E-state index in [0.29, 0.717) is 17.4 Å². The summed E-state index contributed by atoms with van der Waals surface area (Å²) in [6.45, 7) is 0.568. The van der Waals surface area contributed by atoms with Crippen LogP contribution in [-0.4, -0.2) is 22.8 Å². The topological polar surface area (TPSA) is 33.2 Å². The van der Waals surface area contributed by atoms with Crippen LogP contribution in [0.1, 0.15) is 6.42 Å². The van der Waals surface area contributed by atoms with Crippen LogP contribution in [-0.2, 0) is 4.79 Å². The fourth-order valence-electron chi connectivity index (χ4n) is 1.97. The van der Waals surface area contributed by atoms with Gasteiger partial charge in [0.15, 0.2) is 4.47 Å². The summed E-state index contributed by atoms with van der Waals surface area (Å²) in [7, 11) is 0. The molecule has 1 fully saturated rings. The van der Waals surface area contributed by atoms with Crippen LogP contribution in [0.5, 0.6) is 0 Å². The second-order valence-corrected chi connectivity index (χ2v) is 6.15. The minimum absolute atomic E-state index is 0.0694. The second-order valence-electron chi connectivity index (χ2n) is 3.92. The highest BCUT2D eigenvalue weighted by atomic mass is 35.5. The van der Waals surface area contributed by atoms with E-state index in [2.05, 4.69) is 4.98 Å². The average molecular weight is 287 g/mol. The molecule has 0 radical (unpaired) electrons. The van der Waals surface area contributed by atoms with Crippen LogP contribution in [0, 0.1) is 0 Å². The van der Waals surface area contributed by atoms with Crippen LogP contribution >= 0.6 is 34.5 Å². The van der Waals surface area contributed by atoms with Gasteiger partial charge in [0.25, 0.3) is 0 Å². The number of carbonyl (C=O) groups is 1. The lowest BCUT2D eigenvalue weighted by molar-refractivity contribution is -0.117. The number of fused-ring (bicyclic) bond motifs is 1. The smallest absolute Gasteiger partial charge is 0.228 e. The number of anilines is 1. The van der Waals surface area contributed by atoms with Gasteiger partial charge < -0.3 is 4.90 Å². The highest BCUT2D eigenvalue weighted by Crippen LogP contribution is 2.31. The van der Waals surface area contributed by atoms with Gasteiger partial charge in [-0.15, -0.1) is 22.9 Å². The lowest BCUT2D eigenvalue weighted by Crippen LogP contribution is -2.24. The van der Waals surface area contributed by atoms with Crippen molar-refractivity contribution < 1.29 is 4.79 Å². The Bertz CT molecular complexity index is 598. The highest BCUT2D eigenvalue weighted by molar-refractivity contribution is 7.22. The van der Waals surface area contributed by atoms with Gasteiger partial charge in [-0.25, -0.2) is 4.98 Å². The second kappa shape index (κ2) is 4.12. The number of halogens is 2. The van der Waals surface area contributed by atoms with Crippen molar-refractivity contribution in [2.24, 2.45) is 0 Å². The third-order valence-electron chi connectivity index (χ3n) is 2.74. The molecule has 17 heavy (non-hydrogen) atoms. The number of rotatable bonds is 1. The molecule has 0 aliphatic carbocycles. The van der Waals surface area contributed by atoms with Crippen molar-refractivity contribution in [2.75, 3.05) is 11.4 Å². The van der Waals surface area contributed by atoms with E-state index >= 15 is 0 Å². The highest BCUT2D eigenvalue weighted by Gasteiger charge is 2.29. The minimum Gasteiger partial charge on any atom is -0.311 e. The number of nitrogens with zero attached hydrogens (tertiary/aromatic N) is 2. The predicted molar refractivity (Wildman–Crippen MR) is 71.2 cm³/mol. The van der Waals surface area contributed by atoms with Crippen LogP contribution in [0.4, 0.5) is 5.69 Å². The summed E-state index contributed by atoms with van der Waals surface area (Å²) in [5.41, 5.74) is 1.73. The maximum Gasteiger partial charge on any atom is 0.228 e. The first-order valence-corrected chi connectivity index (χ1v) is 6.77. The largest absolute Gasteiger partial charge is 0.311 e. The van der Waals surface area contributed by atoms with E-state index in [4.69, 9.17) is 23.2 Å². The Morgan fingerprint density at radius 2 is 2.29 bits per heavy atom. The van der Waals surface area contributed by atoms with E-state index in [1.807, 2.05) is 18.2 Å². The molecule has 1 aliphatic heterocycles. The first-order valence-electron chi connectivity index (χ1n) is 5.14. The summed E-state index contributed by atoms with van der Waals surface area (Å²) in [6, 6.07) is 5.69. The summed E-state index contributed by atoms with van der Waals surface area (Å²) < 4.78 is 1.50. The molecular formula is C11H8Cl2N2OS. The monoisotopic (exact) mass is 286 g/mol. The van der Waals surface area contributed by atoms with Crippen molar-refractivity contribution in [3.05, 3.63) is 22.7 Å². The fraction of sp³-hybridized carbons (Fsp3) is 0.273. The van der Waals surface area contributed by atoms with Gasteiger partial charge in [0, 0.05) is 18.7 Å². The molecule has 1 aliphatic rings. The summed E-state index contributed by atoms with van der Waals surface area (Å²) in [5, 5.41) is -0.0942. The molecule has 1 unspecified atom stereocenters. The van der Waals surface area contributed by atoms with E-state index in [9.17, 15) is 4.79 Å². The lowest BCUT2D eigenvalue weighted by atomic mass is 10.3. The van der Waals surface area contributed by atoms with Gasteiger partial charge in [0.1, 0.15) is 0 Å². The molecular weight excluding hydrogens is 279 g/mol. The Kier molecular flexibility index (Phi) is 2.73. The molecule has 6 heteroatoms. The number of hydrogen-bond acceptors (Lipinski definition) is 3. The Hall–Kier alpha value is -0.840. The molecule has 0 saturated carbocycles. The lowest BCUT2D eigenvalue weighted by Gasteiger charge is -2.15. The summed E-state index contributed by atoms with van der Waals surface area (Å²) in [4.78, 5) is 17.6. The van der Waals surface area contributed by atoms with Crippen LogP contribution in [0.15, 0.2) is 18.2 Å². The summed E-state index contributed by atoms with van der Waals surface area (Å²) in [6.07, 6.45) is 0.406. The standard InChI is InChI=1S/C11H8Cl2N2OS/c12-6-3-10(16)15(5-6)7-1-2-8-9(4-7)17-11(13)14-8/h1-2,4,6H,3,5H2. The van der Waals surface area contributed by atoms with Crippen LogP contribution < -0.4 is 4.90 Å².